The van der Waals surface area contributed by atoms with E-state index in [0.29, 0.717) is 78.8 Å². The summed E-state index contributed by atoms with van der Waals surface area (Å²) in [5.41, 5.74) is 10.0. The Bertz CT molecular complexity index is 1170. The molecular weight excluding hydrogens is 610 g/mol. The first-order chi connectivity index (χ1) is 22.1. The molecule has 1 fully saturated rings. The van der Waals surface area contributed by atoms with E-state index in [9.17, 15) is 14.7 Å². The topological polar surface area (TPSA) is 158 Å². The summed E-state index contributed by atoms with van der Waals surface area (Å²) in [5, 5.41) is 16.7. The van der Waals surface area contributed by atoms with E-state index < -0.39 is 12.1 Å². The van der Waals surface area contributed by atoms with Crippen LogP contribution >= 0.6 is 11.3 Å². The van der Waals surface area contributed by atoms with Crippen LogP contribution in [0.15, 0.2) is 29.8 Å². The number of aliphatic hydroxyl groups is 1. The molecular formula is C33H53N5O7S. The van der Waals surface area contributed by atoms with Gasteiger partial charge in [0.15, 0.2) is 0 Å². The van der Waals surface area contributed by atoms with Crippen molar-refractivity contribution in [2.45, 2.75) is 65.3 Å². The predicted molar refractivity (Wildman–Crippen MR) is 178 cm³/mol. The van der Waals surface area contributed by atoms with Crippen LogP contribution in [0.2, 0.25) is 0 Å². The summed E-state index contributed by atoms with van der Waals surface area (Å²) in [6.07, 6.45) is -0.0377. The number of nitrogens with one attached hydrogen (secondary N) is 2. The molecule has 1 saturated heterocycles. The highest BCUT2D eigenvalue weighted by Crippen LogP contribution is 2.28. The molecule has 3 atom stereocenters. The van der Waals surface area contributed by atoms with Gasteiger partial charge in [-0.05, 0) is 29.9 Å². The average Bonchev–Trinajstić information content (AvgIpc) is 3.62. The highest BCUT2D eigenvalue weighted by Gasteiger charge is 2.39. The Kier molecular flexibility index (Phi) is 16.5. The Morgan fingerprint density at radius 2 is 1.63 bits per heavy atom. The van der Waals surface area contributed by atoms with Gasteiger partial charge < -0.3 is 40.4 Å². The molecule has 1 aromatic heterocycles. The van der Waals surface area contributed by atoms with Gasteiger partial charge in [-0.2, -0.15) is 0 Å². The minimum atomic E-state index is -0.605. The summed E-state index contributed by atoms with van der Waals surface area (Å²) in [4.78, 5) is 33.5. The first-order valence-electron chi connectivity index (χ1n) is 16.1. The number of aromatic nitrogens is 1. The van der Waals surface area contributed by atoms with Gasteiger partial charge >= 0.3 is 0 Å². The van der Waals surface area contributed by atoms with Gasteiger partial charge in [0.25, 0.3) is 0 Å². The van der Waals surface area contributed by atoms with Crippen molar-refractivity contribution in [2.24, 2.45) is 11.1 Å². The van der Waals surface area contributed by atoms with Crippen LogP contribution in [0.4, 0.5) is 0 Å². The number of nitrogens with two attached hydrogens (primary N) is 1. The standard InChI is InChI=1S/C33H53N5O7S/c1-24-31(46-23-36-24)26-7-5-25(6-8-26)20-35-32(41)28-19-27(39)21-38(28)22-29(33(2,3)4)37-30(40)9-11-42-13-15-44-17-18-45-16-14-43-12-10-34/h5-8,23,27-29,39H,9-22,34H2,1-4H3,(H,35,41)(H,37,40)/t27-,28+,29-/m1/s1. The van der Waals surface area contributed by atoms with Gasteiger partial charge in [-0.25, -0.2) is 4.98 Å². The van der Waals surface area contributed by atoms with Crippen LogP contribution in [0, 0.1) is 12.3 Å². The number of hydrogen-bond acceptors (Lipinski definition) is 11. The van der Waals surface area contributed by atoms with Crippen molar-refractivity contribution < 1.29 is 33.6 Å². The number of benzene rings is 1. The van der Waals surface area contributed by atoms with Crippen molar-refractivity contribution in [2.75, 3.05) is 72.5 Å². The highest BCUT2D eigenvalue weighted by molar-refractivity contribution is 7.13. The zero-order valence-corrected chi connectivity index (χ0v) is 28.6. The van der Waals surface area contributed by atoms with Gasteiger partial charge in [0.05, 0.1) is 81.1 Å². The van der Waals surface area contributed by atoms with E-state index in [1.54, 1.807) is 11.3 Å². The number of carbonyl (C=O) groups excluding carboxylic acids is 2. The molecule has 3 rings (SSSR count). The predicted octanol–water partition coefficient (Wildman–Crippen LogP) is 2.12. The summed E-state index contributed by atoms with van der Waals surface area (Å²) in [7, 11) is 0. The number of β-amino-alcohol motifs (C(OH)–C–C–N with tert-alkyl or cyclic N) is 1. The fraction of sp³-hybridized carbons (Fsp3) is 0.667. The Morgan fingerprint density at radius 1 is 1.02 bits per heavy atom. The minimum Gasteiger partial charge on any atom is -0.392 e. The summed E-state index contributed by atoms with van der Waals surface area (Å²) < 4.78 is 21.7. The third-order valence-electron chi connectivity index (χ3n) is 7.76. The lowest BCUT2D eigenvalue weighted by atomic mass is 9.86. The van der Waals surface area contributed by atoms with Gasteiger partial charge in [-0.1, -0.05) is 45.0 Å². The molecule has 46 heavy (non-hydrogen) atoms. The quantitative estimate of drug-likeness (QED) is 0.146. The van der Waals surface area contributed by atoms with Gasteiger partial charge in [0, 0.05) is 38.6 Å². The average molecular weight is 664 g/mol. The van der Waals surface area contributed by atoms with Gasteiger partial charge in [-0.15, -0.1) is 11.3 Å². The molecule has 0 unspecified atom stereocenters. The van der Waals surface area contributed by atoms with Crippen LogP contribution < -0.4 is 16.4 Å². The maximum atomic E-state index is 13.3. The number of hydrogen-bond donors (Lipinski definition) is 4. The third-order valence-corrected chi connectivity index (χ3v) is 8.74. The smallest absolute Gasteiger partial charge is 0.237 e. The number of likely N-dealkylation sites (tertiary alicyclic amines) is 1. The maximum Gasteiger partial charge on any atom is 0.237 e. The van der Waals surface area contributed by atoms with Crippen molar-refractivity contribution >= 4 is 23.2 Å². The van der Waals surface area contributed by atoms with Crippen LogP contribution in [0.5, 0.6) is 0 Å². The molecule has 258 valence electrons. The fourth-order valence-corrected chi connectivity index (χ4v) is 5.87. The number of rotatable bonds is 21. The molecule has 2 aromatic rings. The van der Waals surface area contributed by atoms with E-state index in [-0.39, 0.29) is 36.3 Å². The van der Waals surface area contributed by atoms with Crippen molar-refractivity contribution in [3.8, 4) is 10.4 Å². The van der Waals surface area contributed by atoms with Crippen LogP contribution in [0.3, 0.4) is 0 Å². The van der Waals surface area contributed by atoms with Gasteiger partial charge in [-0.3, -0.25) is 14.5 Å². The van der Waals surface area contributed by atoms with Gasteiger partial charge in [0.2, 0.25) is 11.8 Å². The summed E-state index contributed by atoms with van der Waals surface area (Å²) >= 11 is 1.61. The number of carbonyl (C=O) groups is 2. The summed E-state index contributed by atoms with van der Waals surface area (Å²) in [5.74, 6) is -0.250. The zero-order valence-electron chi connectivity index (χ0n) is 27.8. The molecule has 2 amide bonds. The summed E-state index contributed by atoms with van der Waals surface area (Å²) in [6, 6.07) is 7.41. The monoisotopic (exact) mass is 663 g/mol. The second-order valence-corrected chi connectivity index (χ2v) is 13.4. The second kappa shape index (κ2) is 20.0. The van der Waals surface area contributed by atoms with E-state index in [1.165, 1.54) is 0 Å². The number of thiazole rings is 1. The Labute approximate surface area is 277 Å². The number of amides is 2. The molecule has 12 nitrogen and oxygen atoms in total. The van der Waals surface area contributed by atoms with E-state index in [1.807, 2.05) is 41.6 Å². The fourth-order valence-electron chi connectivity index (χ4n) is 5.06. The molecule has 0 saturated carbocycles. The van der Waals surface area contributed by atoms with Crippen molar-refractivity contribution in [3.05, 3.63) is 41.0 Å². The number of nitrogens with zero attached hydrogens (tertiary/aromatic N) is 2. The minimum absolute atomic E-state index is 0.121. The molecule has 0 aliphatic carbocycles. The normalized spacial score (nSPS) is 17.7. The zero-order chi connectivity index (χ0) is 33.4. The van der Waals surface area contributed by atoms with Gasteiger partial charge in [0.1, 0.15) is 0 Å². The SMILES string of the molecule is Cc1ncsc1-c1ccc(CNC(=O)[C@@H]2C[C@@H](O)CN2C[C@@H](NC(=O)CCOCCOCCOCCOCCN)C(C)(C)C)cc1. The summed E-state index contributed by atoms with van der Waals surface area (Å²) in [6.45, 7) is 13.4. The molecule has 2 heterocycles. The largest absolute Gasteiger partial charge is 0.392 e. The molecule has 1 aromatic carbocycles. The molecule has 1 aliphatic rings. The van der Waals surface area contributed by atoms with Crippen molar-refractivity contribution in [1.82, 2.24) is 20.5 Å². The molecule has 13 heteroatoms. The van der Waals surface area contributed by atoms with Crippen molar-refractivity contribution in [3.63, 3.8) is 0 Å². The Balaban J connectivity index is 1.38. The lowest BCUT2D eigenvalue weighted by Gasteiger charge is -2.36. The van der Waals surface area contributed by atoms with Crippen molar-refractivity contribution in [1.29, 1.82) is 0 Å². The number of aryl methyl sites for hydroxylation is 1. The molecule has 0 spiro atoms. The first kappa shape index (κ1) is 38.0. The van der Waals surface area contributed by atoms with Crippen LogP contribution in [0.1, 0.15) is 44.9 Å². The second-order valence-electron chi connectivity index (χ2n) is 12.5. The molecule has 0 radical (unpaired) electrons. The van der Waals surface area contributed by atoms with E-state index in [0.717, 1.165) is 21.7 Å². The van der Waals surface area contributed by atoms with E-state index in [4.69, 9.17) is 24.7 Å². The van der Waals surface area contributed by atoms with E-state index in [2.05, 4.69) is 36.4 Å². The lowest BCUT2D eigenvalue weighted by Crippen LogP contribution is -2.54. The Morgan fingerprint density at radius 3 is 2.20 bits per heavy atom. The lowest BCUT2D eigenvalue weighted by molar-refractivity contribution is -0.126. The number of aliphatic hydroxyl groups excluding tert-OH is 1. The van der Waals surface area contributed by atoms with E-state index >= 15 is 0 Å². The third kappa shape index (κ3) is 13.3. The van der Waals surface area contributed by atoms with Crippen LogP contribution in [-0.4, -0.2) is 117 Å². The highest BCUT2D eigenvalue weighted by atomic mass is 32.1. The molecule has 0 bridgehead atoms. The van der Waals surface area contributed by atoms with Crippen LogP contribution in [-0.2, 0) is 35.1 Å². The Hall–Kier alpha value is -2.49. The maximum absolute atomic E-state index is 13.3. The molecule has 5 N–H and O–H groups in total. The molecule has 1 aliphatic heterocycles. The van der Waals surface area contributed by atoms with Crippen LogP contribution in [0.25, 0.3) is 10.4 Å². The first-order valence-corrected chi connectivity index (χ1v) is 17.0. The number of ether oxygens (including phenoxy) is 4.